The predicted octanol–water partition coefficient (Wildman–Crippen LogP) is 3.85. The number of benzene rings is 1. The molecule has 0 bridgehead atoms. The fourth-order valence-electron chi connectivity index (χ4n) is 4.34. The first-order valence-corrected chi connectivity index (χ1v) is 10.1. The molecule has 1 aromatic carbocycles. The van der Waals surface area contributed by atoms with Gasteiger partial charge in [-0.05, 0) is 66.5 Å². The number of carbonyl (C=O) groups excluding carboxylic acids is 1. The van der Waals surface area contributed by atoms with E-state index in [0.29, 0.717) is 23.1 Å². The van der Waals surface area contributed by atoms with Crippen molar-refractivity contribution in [3.05, 3.63) is 58.6 Å². The number of alkyl halides is 2. The lowest BCUT2D eigenvalue weighted by Gasteiger charge is -2.34. The zero-order chi connectivity index (χ0) is 21.6. The second-order valence-electron chi connectivity index (χ2n) is 7.95. The number of halogens is 3. The van der Waals surface area contributed by atoms with E-state index in [-0.39, 0.29) is 35.8 Å². The molecule has 1 amide bonds. The maximum Gasteiger partial charge on any atom is 0.387 e. The van der Waals surface area contributed by atoms with Crippen LogP contribution in [0.5, 0.6) is 0 Å². The molecule has 30 heavy (non-hydrogen) atoms. The maximum absolute atomic E-state index is 14.2. The minimum absolute atomic E-state index is 0.0716. The molecular formula is C22H24F3N3O2. The van der Waals surface area contributed by atoms with Crippen molar-refractivity contribution >= 4 is 11.9 Å². The van der Waals surface area contributed by atoms with E-state index in [1.54, 1.807) is 25.3 Å². The molecule has 2 atom stereocenters. The number of rotatable bonds is 6. The van der Waals surface area contributed by atoms with E-state index in [9.17, 15) is 18.0 Å². The van der Waals surface area contributed by atoms with E-state index in [2.05, 4.69) is 4.99 Å². The van der Waals surface area contributed by atoms with Gasteiger partial charge in [0.05, 0.1) is 0 Å². The summed E-state index contributed by atoms with van der Waals surface area (Å²) in [5.74, 6) is -0.756. The van der Waals surface area contributed by atoms with Crippen LogP contribution in [-0.2, 0) is 21.5 Å². The minimum Gasteiger partial charge on any atom is -0.435 e. The molecule has 8 heteroatoms. The summed E-state index contributed by atoms with van der Waals surface area (Å²) in [5, 5.41) is 0. The molecule has 0 radical (unpaired) electrons. The number of guanidine groups is 1. The third-order valence-electron chi connectivity index (χ3n) is 6.12. The largest absolute Gasteiger partial charge is 0.435 e. The molecule has 0 aromatic heterocycles. The van der Waals surface area contributed by atoms with Crippen molar-refractivity contribution in [3.63, 3.8) is 0 Å². The summed E-state index contributed by atoms with van der Waals surface area (Å²) in [5.41, 5.74) is 6.34. The number of allylic oxidation sites excluding steroid dienone is 2. The highest BCUT2D eigenvalue weighted by atomic mass is 19.3. The van der Waals surface area contributed by atoms with Crippen LogP contribution in [0.25, 0.3) is 0 Å². The summed E-state index contributed by atoms with van der Waals surface area (Å²) in [7, 11) is 1.54. The first-order chi connectivity index (χ1) is 14.3. The monoisotopic (exact) mass is 419 g/mol. The Labute approximate surface area is 173 Å². The lowest BCUT2D eigenvalue weighted by molar-refractivity contribution is -0.132. The SMILES string of the molecule is CCc1cc([C@@]2(C3C=C(C4CC4)C(OC(F)F)=CC3)N=C(N)N(C)C2=O)ccc1F. The van der Waals surface area contributed by atoms with Crippen molar-refractivity contribution < 1.29 is 22.7 Å². The summed E-state index contributed by atoms with van der Waals surface area (Å²) in [4.78, 5) is 19.3. The molecule has 1 heterocycles. The van der Waals surface area contributed by atoms with Crippen LogP contribution < -0.4 is 5.73 Å². The Hall–Kier alpha value is -2.77. The number of nitrogens with zero attached hydrogens (tertiary/aromatic N) is 2. The van der Waals surface area contributed by atoms with Gasteiger partial charge >= 0.3 is 6.61 Å². The van der Waals surface area contributed by atoms with Crippen molar-refractivity contribution in [3.8, 4) is 0 Å². The Morgan fingerprint density at radius 2 is 2.10 bits per heavy atom. The number of amides is 1. The Bertz CT molecular complexity index is 968. The van der Waals surface area contributed by atoms with Gasteiger partial charge in [0.25, 0.3) is 5.91 Å². The zero-order valence-corrected chi connectivity index (χ0v) is 16.9. The lowest BCUT2D eigenvalue weighted by Crippen LogP contribution is -2.45. The standard InChI is InChI=1S/C22H24F3N3O2/c1-3-12-10-14(6-8-17(12)23)22(19(29)28(2)21(26)27-22)15-7-9-18(30-20(24)25)16(11-15)13-4-5-13/h6,8-11,13,15,20H,3-5,7H2,1-2H3,(H2,26,27)/t15?,22-/m0/s1. The summed E-state index contributed by atoms with van der Waals surface area (Å²) in [6.07, 6.45) is 5.93. The van der Waals surface area contributed by atoms with E-state index in [0.717, 1.165) is 12.8 Å². The summed E-state index contributed by atoms with van der Waals surface area (Å²) in [6.45, 7) is -1.08. The Morgan fingerprint density at radius 3 is 2.67 bits per heavy atom. The van der Waals surface area contributed by atoms with Gasteiger partial charge in [-0.25, -0.2) is 9.38 Å². The molecule has 2 aliphatic carbocycles. The number of carbonyl (C=O) groups is 1. The first-order valence-electron chi connectivity index (χ1n) is 10.1. The van der Waals surface area contributed by atoms with Gasteiger partial charge in [-0.3, -0.25) is 9.69 Å². The quantitative estimate of drug-likeness (QED) is 0.762. The van der Waals surface area contributed by atoms with Crippen LogP contribution in [0.3, 0.4) is 0 Å². The molecule has 1 unspecified atom stereocenters. The van der Waals surface area contributed by atoms with Crippen molar-refractivity contribution in [1.29, 1.82) is 0 Å². The average molecular weight is 419 g/mol. The highest BCUT2D eigenvalue weighted by Crippen LogP contribution is 2.49. The number of nitrogens with two attached hydrogens (primary N) is 1. The van der Waals surface area contributed by atoms with E-state index >= 15 is 0 Å². The molecule has 160 valence electrons. The van der Waals surface area contributed by atoms with Crippen LogP contribution in [0.15, 0.2) is 46.7 Å². The van der Waals surface area contributed by atoms with Gasteiger partial charge in [0.1, 0.15) is 11.6 Å². The Balaban J connectivity index is 1.83. The number of likely N-dealkylation sites (N-methyl/N-ethyl adjacent to an activating group) is 1. The van der Waals surface area contributed by atoms with Gasteiger partial charge in [0, 0.05) is 13.0 Å². The number of ether oxygens (including phenoxy) is 1. The fourth-order valence-corrected chi connectivity index (χ4v) is 4.34. The van der Waals surface area contributed by atoms with Crippen LogP contribution in [0.4, 0.5) is 13.2 Å². The number of aryl methyl sites for hydroxylation is 1. The number of hydrogen-bond donors (Lipinski definition) is 1. The lowest BCUT2D eigenvalue weighted by atomic mass is 9.73. The van der Waals surface area contributed by atoms with Crippen LogP contribution in [-0.4, -0.2) is 30.4 Å². The molecule has 1 aromatic rings. The maximum atomic E-state index is 14.2. The topological polar surface area (TPSA) is 67.9 Å². The van der Waals surface area contributed by atoms with Crippen LogP contribution in [0.1, 0.15) is 37.3 Å². The zero-order valence-electron chi connectivity index (χ0n) is 16.9. The first kappa shape index (κ1) is 20.5. The molecule has 1 fully saturated rings. The molecule has 4 rings (SSSR count). The molecule has 0 spiro atoms. The summed E-state index contributed by atoms with van der Waals surface area (Å²) >= 11 is 0. The summed E-state index contributed by atoms with van der Waals surface area (Å²) < 4.78 is 44.6. The number of hydrogen-bond acceptors (Lipinski definition) is 4. The van der Waals surface area contributed by atoms with Gasteiger partial charge < -0.3 is 10.5 Å². The molecule has 0 saturated heterocycles. The van der Waals surface area contributed by atoms with Gasteiger partial charge in [-0.1, -0.05) is 19.1 Å². The molecule has 1 saturated carbocycles. The van der Waals surface area contributed by atoms with Crippen molar-refractivity contribution in [2.75, 3.05) is 7.05 Å². The Morgan fingerprint density at radius 1 is 1.37 bits per heavy atom. The summed E-state index contributed by atoms with van der Waals surface area (Å²) in [6, 6.07) is 4.55. The normalized spacial score (nSPS) is 26.6. The van der Waals surface area contributed by atoms with E-state index in [1.807, 2.05) is 13.0 Å². The number of aliphatic imine (C=N–C) groups is 1. The fraction of sp³-hybridized carbons (Fsp3) is 0.455. The average Bonchev–Trinajstić information content (AvgIpc) is 3.53. The van der Waals surface area contributed by atoms with Crippen LogP contribution in [0.2, 0.25) is 0 Å². The van der Waals surface area contributed by atoms with Crippen molar-refractivity contribution in [1.82, 2.24) is 4.90 Å². The highest BCUT2D eigenvalue weighted by molar-refractivity contribution is 6.07. The van der Waals surface area contributed by atoms with E-state index in [4.69, 9.17) is 10.5 Å². The second-order valence-corrected chi connectivity index (χ2v) is 7.95. The van der Waals surface area contributed by atoms with Crippen molar-refractivity contribution in [2.45, 2.75) is 44.8 Å². The van der Waals surface area contributed by atoms with Crippen LogP contribution in [0, 0.1) is 17.7 Å². The minimum atomic E-state index is -2.92. The smallest absolute Gasteiger partial charge is 0.387 e. The van der Waals surface area contributed by atoms with E-state index < -0.39 is 18.1 Å². The highest BCUT2D eigenvalue weighted by Gasteiger charge is 2.53. The van der Waals surface area contributed by atoms with Gasteiger partial charge in [0.2, 0.25) is 0 Å². The molecule has 5 nitrogen and oxygen atoms in total. The molecule has 1 aliphatic heterocycles. The molecule has 3 aliphatic rings. The van der Waals surface area contributed by atoms with Crippen molar-refractivity contribution in [2.24, 2.45) is 22.6 Å². The van der Waals surface area contributed by atoms with Gasteiger partial charge in [-0.15, -0.1) is 0 Å². The van der Waals surface area contributed by atoms with E-state index in [1.165, 1.54) is 11.0 Å². The Kier molecular flexibility index (Phi) is 5.11. The predicted molar refractivity (Wildman–Crippen MR) is 106 cm³/mol. The molecular weight excluding hydrogens is 395 g/mol. The van der Waals surface area contributed by atoms with Gasteiger partial charge in [-0.2, -0.15) is 8.78 Å². The van der Waals surface area contributed by atoms with Gasteiger partial charge in [0.15, 0.2) is 11.5 Å². The third-order valence-corrected chi connectivity index (χ3v) is 6.12. The third kappa shape index (κ3) is 3.28. The van der Waals surface area contributed by atoms with Crippen LogP contribution >= 0.6 is 0 Å². The molecule has 2 N–H and O–H groups in total. The second kappa shape index (κ2) is 7.49.